The minimum Gasteiger partial charge on any atom is -0.374 e. The summed E-state index contributed by atoms with van der Waals surface area (Å²) in [6.07, 6.45) is 2.91. The van der Waals surface area contributed by atoms with Gasteiger partial charge < -0.3 is 10.5 Å². The highest BCUT2D eigenvalue weighted by molar-refractivity contribution is 5.33. The van der Waals surface area contributed by atoms with E-state index in [4.69, 9.17) is 10.5 Å². The molecule has 1 saturated carbocycles. The van der Waals surface area contributed by atoms with Gasteiger partial charge in [0.15, 0.2) is 0 Å². The van der Waals surface area contributed by atoms with E-state index in [1.165, 1.54) is 18.4 Å². The van der Waals surface area contributed by atoms with Gasteiger partial charge in [0, 0.05) is 25.7 Å². The van der Waals surface area contributed by atoms with Crippen molar-refractivity contribution in [3.8, 4) is 0 Å². The molecule has 1 aromatic rings. The number of nitrogens with zero attached hydrogens (tertiary/aromatic N) is 1. The van der Waals surface area contributed by atoms with Crippen LogP contribution in [0.25, 0.3) is 0 Å². The van der Waals surface area contributed by atoms with Gasteiger partial charge in [-0.05, 0) is 36.8 Å². The highest BCUT2D eigenvalue weighted by atomic mass is 16.5. The van der Waals surface area contributed by atoms with Crippen molar-refractivity contribution in [2.24, 2.45) is 5.73 Å². The quantitative estimate of drug-likeness (QED) is 0.901. The van der Waals surface area contributed by atoms with Crippen molar-refractivity contribution >= 4 is 0 Å². The Kier molecular flexibility index (Phi) is 3.87. The van der Waals surface area contributed by atoms with Gasteiger partial charge in [-0.3, -0.25) is 4.90 Å². The molecule has 2 aliphatic rings. The summed E-state index contributed by atoms with van der Waals surface area (Å²) in [6.45, 7) is 5.85. The van der Waals surface area contributed by atoms with E-state index in [9.17, 15) is 0 Å². The number of hydrogen-bond donors (Lipinski definition) is 1. The van der Waals surface area contributed by atoms with Crippen LogP contribution in [0, 0.1) is 0 Å². The first kappa shape index (κ1) is 13.1. The van der Waals surface area contributed by atoms with Crippen LogP contribution in [0.15, 0.2) is 24.3 Å². The molecule has 0 radical (unpaired) electrons. The molecule has 0 amide bonds. The van der Waals surface area contributed by atoms with Gasteiger partial charge in [0.05, 0.1) is 12.7 Å². The first-order valence-electron chi connectivity index (χ1n) is 7.41. The molecular formula is C16H24N2O. The molecule has 0 aromatic heterocycles. The summed E-state index contributed by atoms with van der Waals surface area (Å²) in [5, 5.41) is 0. The minimum atomic E-state index is 0.112. The van der Waals surface area contributed by atoms with Crippen LogP contribution >= 0.6 is 0 Å². The van der Waals surface area contributed by atoms with Crippen molar-refractivity contribution in [2.75, 3.05) is 19.7 Å². The minimum absolute atomic E-state index is 0.112. The lowest BCUT2D eigenvalue weighted by Gasteiger charge is -2.35. The maximum atomic E-state index is 5.96. The van der Waals surface area contributed by atoms with Crippen LogP contribution in [0.5, 0.6) is 0 Å². The van der Waals surface area contributed by atoms with Crippen LogP contribution in [0.4, 0.5) is 0 Å². The average molecular weight is 260 g/mol. The van der Waals surface area contributed by atoms with Gasteiger partial charge >= 0.3 is 0 Å². The Balaban J connectivity index is 1.67. The Bertz CT molecular complexity index is 429. The molecule has 0 bridgehead atoms. The lowest BCUT2D eigenvalue weighted by Crippen LogP contribution is -2.49. The van der Waals surface area contributed by atoms with E-state index in [2.05, 4.69) is 29.2 Å². The molecule has 1 aromatic carbocycles. The molecule has 19 heavy (non-hydrogen) atoms. The number of rotatable bonds is 4. The Morgan fingerprint density at radius 2 is 2.16 bits per heavy atom. The van der Waals surface area contributed by atoms with Crippen LogP contribution in [-0.2, 0) is 11.3 Å². The molecule has 104 valence electrons. The fraction of sp³-hybridized carbons (Fsp3) is 0.625. The molecule has 2 unspecified atom stereocenters. The summed E-state index contributed by atoms with van der Waals surface area (Å²) in [5.41, 5.74) is 9.02. The third kappa shape index (κ3) is 3.16. The van der Waals surface area contributed by atoms with E-state index >= 15 is 0 Å². The van der Waals surface area contributed by atoms with E-state index in [0.29, 0.717) is 0 Å². The molecule has 1 aliphatic carbocycles. The first-order chi connectivity index (χ1) is 9.24. The van der Waals surface area contributed by atoms with Crippen LogP contribution in [0.3, 0.4) is 0 Å². The zero-order valence-electron chi connectivity index (χ0n) is 11.7. The largest absolute Gasteiger partial charge is 0.374 e. The first-order valence-corrected chi connectivity index (χ1v) is 7.41. The molecule has 1 saturated heterocycles. The Morgan fingerprint density at radius 3 is 2.89 bits per heavy atom. The molecular weight excluding hydrogens is 236 g/mol. The molecule has 0 spiro atoms. The second kappa shape index (κ2) is 5.61. The number of morpholine rings is 1. The van der Waals surface area contributed by atoms with Crippen LogP contribution in [0.1, 0.15) is 36.8 Å². The van der Waals surface area contributed by atoms with Crippen molar-refractivity contribution in [3.63, 3.8) is 0 Å². The van der Waals surface area contributed by atoms with Crippen molar-refractivity contribution in [1.29, 1.82) is 0 Å². The maximum Gasteiger partial charge on any atom is 0.0850 e. The number of nitrogens with two attached hydrogens (primary N) is 1. The van der Waals surface area contributed by atoms with Crippen molar-refractivity contribution in [1.82, 2.24) is 4.90 Å². The van der Waals surface area contributed by atoms with Crippen molar-refractivity contribution in [2.45, 2.75) is 44.4 Å². The lowest BCUT2D eigenvalue weighted by atomic mass is 10.0. The van der Waals surface area contributed by atoms with Crippen molar-refractivity contribution < 1.29 is 4.74 Å². The highest BCUT2D eigenvalue weighted by Gasteiger charge is 2.28. The maximum absolute atomic E-state index is 5.96. The third-order valence-corrected chi connectivity index (χ3v) is 4.23. The normalized spacial score (nSPS) is 26.3. The zero-order valence-corrected chi connectivity index (χ0v) is 11.7. The summed E-state index contributed by atoms with van der Waals surface area (Å²) < 4.78 is 5.73. The standard InChI is InChI=1S/C16H24N2O/c1-12(17)16-11-18(8-9-19-16)10-14-4-2-3-5-15(14)13-6-7-13/h2-5,12-13,16H,6-11,17H2,1H3. The molecule has 2 atom stereocenters. The van der Waals surface area contributed by atoms with Gasteiger partial charge in [-0.15, -0.1) is 0 Å². The van der Waals surface area contributed by atoms with E-state index in [1.54, 1.807) is 5.56 Å². The van der Waals surface area contributed by atoms with Gasteiger partial charge in [-0.1, -0.05) is 24.3 Å². The SMILES string of the molecule is CC(N)C1CN(Cc2ccccc2C2CC2)CCO1. The van der Waals surface area contributed by atoms with Gasteiger partial charge in [0.2, 0.25) is 0 Å². The number of ether oxygens (including phenoxy) is 1. The molecule has 3 heteroatoms. The average Bonchev–Trinajstić information content (AvgIpc) is 3.24. The lowest BCUT2D eigenvalue weighted by molar-refractivity contribution is -0.0404. The number of hydrogen-bond acceptors (Lipinski definition) is 3. The van der Waals surface area contributed by atoms with Gasteiger partial charge in [-0.25, -0.2) is 0 Å². The Hall–Kier alpha value is -0.900. The van der Waals surface area contributed by atoms with E-state index in [0.717, 1.165) is 32.2 Å². The Labute approximate surface area is 115 Å². The molecule has 3 rings (SSSR count). The summed E-state index contributed by atoms with van der Waals surface area (Å²) in [4.78, 5) is 2.48. The second-order valence-electron chi connectivity index (χ2n) is 5.98. The van der Waals surface area contributed by atoms with E-state index < -0.39 is 0 Å². The van der Waals surface area contributed by atoms with Crippen LogP contribution in [-0.4, -0.2) is 36.7 Å². The van der Waals surface area contributed by atoms with Gasteiger partial charge in [0.1, 0.15) is 0 Å². The molecule has 2 fully saturated rings. The molecule has 3 nitrogen and oxygen atoms in total. The topological polar surface area (TPSA) is 38.5 Å². The Morgan fingerprint density at radius 1 is 1.37 bits per heavy atom. The van der Waals surface area contributed by atoms with E-state index in [1.807, 2.05) is 6.92 Å². The van der Waals surface area contributed by atoms with Crippen LogP contribution < -0.4 is 5.73 Å². The second-order valence-corrected chi connectivity index (χ2v) is 5.98. The van der Waals surface area contributed by atoms with Gasteiger partial charge in [-0.2, -0.15) is 0 Å². The predicted octanol–water partition coefficient (Wildman–Crippen LogP) is 2.11. The smallest absolute Gasteiger partial charge is 0.0850 e. The van der Waals surface area contributed by atoms with Gasteiger partial charge in [0.25, 0.3) is 0 Å². The fourth-order valence-electron chi connectivity index (χ4n) is 2.91. The molecule has 1 aliphatic heterocycles. The summed E-state index contributed by atoms with van der Waals surface area (Å²) in [6, 6.07) is 9.02. The molecule has 2 N–H and O–H groups in total. The fourth-order valence-corrected chi connectivity index (χ4v) is 2.91. The van der Waals surface area contributed by atoms with Crippen molar-refractivity contribution in [3.05, 3.63) is 35.4 Å². The van der Waals surface area contributed by atoms with Crippen LogP contribution in [0.2, 0.25) is 0 Å². The highest BCUT2D eigenvalue weighted by Crippen LogP contribution is 2.41. The monoisotopic (exact) mass is 260 g/mol. The predicted molar refractivity (Wildman–Crippen MR) is 77.1 cm³/mol. The summed E-state index contributed by atoms with van der Waals surface area (Å²) >= 11 is 0. The van der Waals surface area contributed by atoms with E-state index in [-0.39, 0.29) is 12.1 Å². The summed E-state index contributed by atoms with van der Waals surface area (Å²) in [7, 11) is 0. The number of benzene rings is 1. The summed E-state index contributed by atoms with van der Waals surface area (Å²) in [5.74, 6) is 0.821. The zero-order chi connectivity index (χ0) is 13.2. The molecule has 1 heterocycles. The third-order valence-electron chi connectivity index (χ3n) is 4.23.